The van der Waals surface area contributed by atoms with Gasteiger partial charge in [-0.05, 0) is 62.9 Å². The fourth-order valence-corrected chi connectivity index (χ4v) is 3.26. The van der Waals surface area contributed by atoms with Crippen molar-refractivity contribution in [3.8, 4) is 0 Å². The van der Waals surface area contributed by atoms with Crippen LogP contribution in [0.25, 0.3) is 0 Å². The molecule has 0 radical (unpaired) electrons. The van der Waals surface area contributed by atoms with Crippen molar-refractivity contribution in [2.75, 3.05) is 13.1 Å². The molecule has 0 bridgehead atoms. The van der Waals surface area contributed by atoms with Gasteiger partial charge in [-0.1, -0.05) is 20.8 Å². The van der Waals surface area contributed by atoms with Crippen molar-refractivity contribution in [1.82, 2.24) is 10.6 Å². The zero-order chi connectivity index (χ0) is 14.1. The van der Waals surface area contributed by atoms with Gasteiger partial charge in [0.15, 0.2) is 0 Å². The fourth-order valence-electron chi connectivity index (χ4n) is 3.26. The molecule has 2 atom stereocenters. The Morgan fingerprint density at radius 1 is 1.37 bits per heavy atom. The first kappa shape index (κ1) is 14.8. The molecule has 1 heterocycles. The maximum Gasteiger partial charge on any atom is 0.223 e. The largest absolute Gasteiger partial charge is 0.353 e. The second-order valence-electron chi connectivity index (χ2n) is 7.88. The van der Waals surface area contributed by atoms with E-state index < -0.39 is 0 Å². The Bertz CT molecular complexity index is 326. The van der Waals surface area contributed by atoms with E-state index >= 15 is 0 Å². The normalized spacial score (nSPS) is 27.1. The second-order valence-corrected chi connectivity index (χ2v) is 7.88. The zero-order valence-corrected chi connectivity index (χ0v) is 13.0. The van der Waals surface area contributed by atoms with Crippen LogP contribution in [0.15, 0.2) is 0 Å². The van der Waals surface area contributed by atoms with Crippen LogP contribution in [-0.4, -0.2) is 25.0 Å². The highest BCUT2D eigenvalue weighted by atomic mass is 16.2. The molecule has 0 aromatic carbocycles. The van der Waals surface area contributed by atoms with Crippen LogP contribution in [0.5, 0.6) is 0 Å². The molecule has 2 aliphatic rings. The van der Waals surface area contributed by atoms with E-state index in [1.54, 1.807) is 0 Å². The molecule has 0 aromatic rings. The predicted octanol–water partition coefficient (Wildman–Crippen LogP) is 2.71. The van der Waals surface area contributed by atoms with Crippen molar-refractivity contribution >= 4 is 5.91 Å². The molecule has 1 saturated heterocycles. The number of nitrogens with one attached hydrogen (secondary N) is 2. The lowest BCUT2D eigenvalue weighted by molar-refractivity contribution is -0.124. The topological polar surface area (TPSA) is 41.1 Å². The summed E-state index contributed by atoms with van der Waals surface area (Å²) in [4.78, 5) is 12.3. The van der Waals surface area contributed by atoms with Crippen molar-refractivity contribution in [3.63, 3.8) is 0 Å². The van der Waals surface area contributed by atoms with Crippen molar-refractivity contribution in [3.05, 3.63) is 0 Å². The lowest BCUT2D eigenvalue weighted by Gasteiger charge is -2.24. The number of carbonyl (C=O) groups is 1. The van der Waals surface area contributed by atoms with Gasteiger partial charge >= 0.3 is 0 Å². The fraction of sp³-hybridized carbons (Fsp3) is 0.938. The molecule has 1 spiro atoms. The molecule has 1 aliphatic carbocycles. The SMILES string of the molecule is CC(CCC(C)(C)C)NC(=O)C1CC12CCNCC2. The van der Waals surface area contributed by atoms with E-state index in [1.165, 1.54) is 12.8 Å². The summed E-state index contributed by atoms with van der Waals surface area (Å²) >= 11 is 0. The van der Waals surface area contributed by atoms with Gasteiger partial charge in [0.1, 0.15) is 0 Å². The average molecular weight is 266 g/mol. The summed E-state index contributed by atoms with van der Waals surface area (Å²) in [5.74, 6) is 0.606. The van der Waals surface area contributed by atoms with Gasteiger partial charge in [-0.2, -0.15) is 0 Å². The third-order valence-corrected chi connectivity index (χ3v) is 4.82. The van der Waals surface area contributed by atoms with Gasteiger partial charge < -0.3 is 10.6 Å². The molecule has 1 aliphatic heterocycles. The van der Waals surface area contributed by atoms with E-state index in [0.29, 0.717) is 28.7 Å². The van der Waals surface area contributed by atoms with E-state index in [2.05, 4.69) is 38.3 Å². The first-order valence-electron chi connectivity index (χ1n) is 7.84. The quantitative estimate of drug-likeness (QED) is 0.821. The molecule has 2 rings (SSSR count). The molecule has 19 heavy (non-hydrogen) atoms. The number of hydrogen-bond donors (Lipinski definition) is 2. The molecule has 2 N–H and O–H groups in total. The average Bonchev–Trinajstić information content (AvgIpc) is 3.00. The van der Waals surface area contributed by atoms with E-state index in [-0.39, 0.29) is 0 Å². The summed E-state index contributed by atoms with van der Waals surface area (Å²) in [5.41, 5.74) is 0.716. The van der Waals surface area contributed by atoms with Crippen LogP contribution < -0.4 is 10.6 Å². The Morgan fingerprint density at radius 2 is 2.00 bits per heavy atom. The van der Waals surface area contributed by atoms with Crippen LogP contribution in [0.4, 0.5) is 0 Å². The highest BCUT2D eigenvalue weighted by molar-refractivity contribution is 5.82. The van der Waals surface area contributed by atoms with Crippen molar-refractivity contribution in [1.29, 1.82) is 0 Å². The number of hydrogen-bond acceptors (Lipinski definition) is 2. The smallest absolute Gasteiger partial charge is 0.223 e. The van der Waals surface area contributed by atoms with Gasteiger partial charge in [-0.25, -0.2) is 0 Å². The Morgan fingerprint density at radius 3 is 2.58 bits per heavy atom. The van der Waals surface area contributed by atoms with Crippen LogP contribution in [-0.2, 0) is 4.79 Å². The summed E-state index contributed by atoms with van der Waals surface area (Å²) < 4.78 is 0. The third kappa shape index (κ3) is 3.95. The van der Waals surface area contributed by atoms with Gasteiger partial charge in [-0.3, -0.25) is 4.79 Å². The number of rotatable bonds is 4. The van der Waals surface area contributed by atoms with Gasteiger partial charge in [0.2, 0.25) is 5.91 Å². The molecular weight excluding hydrogens is 236 g/mol. The Balaban J connectivity index is 1.73. The number of piperidine rings is 1. The maximum atomic E-state index is 12.3. The standard InChI is InChI=1S/C16H30N2O/c1-12(5-6-15(2,3)4)18-14(19)13-11-16(13)7-9-17-10-8-16/h12-13,17H,5-11H2,1-4H3,(H,18,19). The lowest BCUT2D eigenvalue weighted by Crippen LogP contribution is -2.37. The molecule has 3 nitrogen and oxygen atoms in total. The van der Waals surface area contributed by atoms with E-state index in [9.17, 15) is 4.79 Å². The predicted molar refractivity (Wildman–Crippen MR) is 78.9 cm³/mol. The first-order chi connectivity index (χ1) is 8.82. The number of amides is 1. The minimum absolute atomic E-state index is 0.298. The van der Waals surface area contributed by atoms with Crippen molar-refractivity contribution < 1.29 is 4.79 Å². The molecule has 0 aromatic heterocycles. The minimum Gasteiger partial charge on any atom is -0.353 e. The van der Waals surface area contributed by atoms with E-state index in [0.717, 1.165) is 32.4 Å². The highest BCUT2D eigenvalue weighted by Crippen LogP contribution is 2.58. The highest BCUT2D eigenvalue weighted by Gasteiger charge is 2.57. The van der Waals surface area contributed by atoms with Crippen LogP contribution in [0.2, 0.25) is 0 Å². The van der Waals surface area contributed by atoms with Crippen LogP contribution in [0.3, 0.4) is 0 Å². The van der Waals surface area contributed by atoms with Gasteiger partial charge in [0.25, 0.3) is 0 Å². The van der Waals surface area contributed by atoms with Crippen LogP contribution in [0.1, 0.15) is 59.8 Å². The summed E-state index contributed by atoms with van der Waals surface area (Å²) in [5, 5.41) is 6.61. The van der Waals surface area contributed by atoms with E-state index in [1.807, 2.05) is 0 Å². The maximum absolute atomic E-state index is 12.3. The summed E-state index contributed by atoms with van der Waals surface area (Å²) in [6.07, 6.45) is 5.72. The molecule has 1 amide bonds. The van der Waals surface area contributed by atoms with Gasteiger partial charge in [0, 0.05) is 12.0 Å². The Labute approximate surface area is 117 Å². The summed E-state index contributed by atoms with van der Waals surface area (Å²) in [7, 11) is 0. The molecule has 110 valence electrons. The van der Waals surface area contributed by atoms with Crippen LogP contribution in [0, 0.1) is 16.7 Å². The van der Waals surface area contributed by atoms with Crippen molar-refractivity contribution in [2.45, 2.75) is 65.8 Å². The monoisotopic (exact) mass is 266 g/mol. The Kier molecular flexibility index (Phi) is 4.24. The zero-order valence-electron chi connectivity index (χ0n) is 13.0. The van der Waals surface area contributed by atoms with Gasteiger partial charge in [-0.15, -0.1) is 0 Å². The molecule has 3 heteroatoms. The number of carbonyl (C=O) groups excluding carboxylic acids is 1. The summed E-state index contributed by atoms with van der Waals surface area (Å²) in [6.45, 7) is 11.1. The first-order valence-corrected chi connectivity index (χ1v) is 7.84. The lowest BCUT2D eigenvalue weighted by atomic mass is 9.89. The third-order valence-electron chi connectivity index (χ3n) is 4.82. The molecule has 1 saturated carbocycles. The van der Waals surface area contributed by atoms with E-state index in [4.69, 9.17) is 0 Å². The minimum atomic E-state index is 0.298. The van der Waals surface area contributed by atoms with Crippen LogP contribution >= 0.6 is 0 Å². The second kappa shape index (κ2) is 5.43. The molecular formula is C16H30N2O. The molecule has 2 fully saturated rings. The Hall–Kier alpha value is -0.570. The summed E-state index contributed by atoms with van der Waals surface area (Å²) in [6, 6.07) is 0.311. The van der Waals surface area contributed by atoms with Gasteiger partial charge in [0.05, 0.1) is 0 Å². The van der Waals surface area contributed by atoms with Crippen molar-refractivity contribution in [2.24, 2.45) is 16.7 Å². The molecule has 2 unspecified atom stereocenters.